The molecular weight excluding hydrogens is 494 g/mol. The van der Waals surface area contributed by atoms with Gasteiger partial charge in [-0.25, -0.2) is 0 Å². The second-order valence-corrected chi connectivity index (χ2v) is 10.9. The van der Waals surface area contributed by atoms with Gasteiger partial charge < -0.3 is 19.3 Å². The maximum absolute atomic E-state index is 13.8. The predicted octanol–water partition coefficient (Wildman–Crippen LogP) is 2.97. The number of amides is 2. The molecule has 2 amide bonds. The van der Waals surface area contributed by atoms with Crippen molar-refractivity contribution < 1.29 is 33.1 Å². The van der Waals surface area contributed by atoms with Crippen molar-refractivity contribution in [3.05, 3.63) is 101 Å². The zero-order valence-electron chi connectivity index (χ0n) is 19.9. The molecule has 37 heavy (non-hydrogen) atoms. The Balaban J connectivity index is 1.38. The van der Waals surface area contributed by atoms with Gasteiger partial charge in [0.15, 0.2) is 11.7 Å². The van der Waals surface area contributed by atoms with E-state index in [4.69, 9.17) is 14.2 Å². The van der Waals surface area contributed by atoms with Crippen molar-refractivity contribution >= 4 is 22.6 Å². The average Bonchev–Trinajstić information content (AvgIpc) is 3.18. The highest BCUT2D eigenvalue weighted by Crippen LogP contribution is 2.39. The lowest BCUT2D eigenvalue weighted by Crippen LogP contribution is -2.67. The van der Waals surface area contributed by atoms with Crippen LogP contribution in [0, 0.1) is 6.92 Å². The van der Waals surface area contributed by atoms with Gasteiger partial charge in [0.1, 0.15) is 24.4 Å². The summed E-state index contributed by atoms with van der Waals surface area (Å²) in [6, 6.07) is 21.6. The molecule has 9 heteroatoms. The number of imide groups is 1. The van der Waals surface area contributed by atoms with E-state index in [0.717, 1.165) is 16.0 Å². The van der Waals surface area contributed by atoms with Crippen LogP contribution >= 0.6 is 0 Å². The fourth-order valence-corrected chi connectivity index (χ4v) is 6.55. The highest BCUT2D eigenvalue weighted by atomic mass is 32.2. The van der Waals surface area contributed by atoms with Crippen LogP contribution in [0.25, 0.3) is 0 Å². The molecule has 0 spiro atoms. The number of carbonyl (C=O) groups excluding carboxylic acids is 2. The number of hydrogen-bond acceptors (Lipinski definition) is 7. The third kappa shape index (κ3) is 4.13. The van der Waals surface area contributed by atoms with E-state index in [-0.39, 0.29) is 17.7 Å². The predicted molar refractivity (Wildman–Crippen MR) is 133 cm³/mol. The molecule has 3 aromatic rings. The Morgan fingerprint density at radius 3 is 2.14 bits per heavy atom. The Morgan fingerprint density at radius 1 is 0.865 bits per heavy atom. The van der Waals surface area contributed by atoms with Crippen LogP contribution in [0.4, 0.5) is 0 Å². The highest BCUT2D eigenvalue weighted by molar-refractivity contribution is 7.85. The topological polar surface area (TPSA) is 102 Å². The molecule has 0 saturated carbocycles. The molecule has 0 bridgehead atoms. The molecule has 7 atom stereocenters. The molecule has 3 heterocycles. The minimum absolute atomic E-state index is 0.0811. The molecule has 3 aliphatic rings. The quantitative estimate of drug-likeness (QED) is 0.529. The van der Waals surface area contributed by atoms with Gasteiger partial charge in [0, 0.05) is 10.5 Å². The number of hydrogen-bond donors (Lipinski definition) is 1. The van der Waals surface area contributed by atoms with Crippen LogP contribution in [0.5, 0.6) is 0 Å². The largest absolute Gasteiger partial charge is 0.388 e. The van der Waals surface area contributed by atoms with E-state index in [0.29, 0.717) is 4.90 Å². The van der Waals surface area contributed by atoms with E-state index in [1.807, 2.05) is 49.4 Å². The SMILES string of the molecule is Cc1ccc(S(=O)[C@@H]2O[C@@H]3COC(c4ccccc4)O[C@H]3[C@H](O)[C@H]2N2C(=O)c3ccccc3C2=O)cc1. The normalized spacial score (nSPS) is 30.1. The summed E-state index contributed by atoms with van der Waals surface area (Å²) in [5, 5.41) is 11.7. The molecule has 2 saturated heterocycles. The summed E-state index contributed by atoms with van der Waals surface area (Å²) in [5.74, 6) is -1.13. The first-order chi connectivity index (χ1) is 17.9. The molecule has 0 radical (unpaired) electrons. The molecule has 3 aromatic carbocycles. The molecular formula is C28H25NO7S. The minimum atomic E-state index is -1.82. The minimum Gasteiger partial charge on any atom is -0.388 e. The third-order valence-electron chi connectivity index (χ3n) is 6.99. The van der Waals surface area contributed by atoms with Gasteiger partial charge in [-0.3, -0.25) is 18.7 Å². The van der Waals surface area contributed by atoms with E-state index in [1.165, 1.54) is 0 Å². The van der Waals surface area contributed by atoms with Crippen molar-refractivity contribution in [2.45, 2.75) is 47.9 Å². The van der Waals surface area contributed by atoms with E-state index < -0.39 is 58.7 Å². The Morgan fingerprint density at radius 2 is 1.49 bits per heavy atom. The van der Waals surface area contributed by atoms with E-state index in [1.54, 1.807) is 36.4 Å². The van der Waals surface area contributed by atoms with Crippen LogP contribution in [0.15, 0.2) is 83.8 Å². The van der Waals surface area contributed by atoms with Crippen molar-refractivity contribution in [3.8, 4) is 0 Å². The number of nitrogens with zero attached hydrogens (tertiary/aromatic N) is 1. The van der Waals surface area contributed by atoms with Crippen LogP contribution < -0.4 is 0 Å². The van der Waals surface area contributed by atoms with Crippen LogP contribution in [-0.4, -0.2) is 62.4 Å². The number of carbonyl (C=O) groups is 2. The lowest BCUT2D eigenvalue weighted by Gasteiger charge is -2.49. The van der Waals surface area contributed by atoms with Crippen LogP contribution in [0.1, 0.15) is 38.1 Å². The number of fused-ring (bicyclic) bond motifs is 2. The van der Waals surface area contributed by atoms with E-state index >= 15 is 0 Å². The number of benzene rings is 3. The fourth-order valence-electron chi connectivity index (χ4n) is 5.09. The van der Waals surface area contributed by atoms with Crippen LogP contribution in [-0.2, 0) is 25.0 Å². The van der Waals surface area contributed by atoms with Gasteiger partial charge >= 0.3 is 0 Å². The van der Waals surface area contributed by atoms with Gasteiger partial charge in [0.2, 0.25) is 0 Å². The van der Waals surface area contributed by atoms with E-state index in [9.17, 15) is 18.9 Å². The van der Waals surface area contributed by atoms with Gasteiger partial charge in [-0.05, 0) is 31.2 Å². The average molecular weight is 520 g/mol. The summed E-state index contributed by atoms with van der Waals surface area (Å²) in [6.45, 7) is 2.00. The van der Waals surface area contributed by atoms with Gasteiger partial charge in [-0.2, -0.15) is 0 Å². The maximum atomic E-state index is 13.8. The van der Waals surface area contributed by atoms with Crippen LogP contribution in [0.3, 0.4) is 0 Å². The summed E-state index contributed by atoms with van der Waals surface area (Å²) >= 11 is 0. The molecule has 6 rings (SSSR count). The van der Waals surface area contributed by atoms with Crippen molar-refractivity contribution in [2.75, 3.05) is 6.61 Å². The summed E-state index contributed by atoms with van der Waals surface area (Å²) in [7, 11) is -1.82. The molecule has 3 aliphatic heterocycles. The Hall–Kier alpha value is -3.21. The summed E-state index contributed by atoms with van der Waals surface area (Å²) in [5.41, 5.74) is 1.02. The molecule has 0 aliphatic carbocycles. The highest BCUT2D eigenvalue weighted by Gasteiger charge is 2.57. The fraction of sp³-hybridized carbons (Fsp3) is 0.286. The molecule has 2 unspecified atom stereocenters. The van der Waals surface area contributed by atoms with Gasteiger partial charge in [0.05, 0.1) is 28.5 Å². The van der Waals surface area contributed by atoms with Crippen molar-refractivity contribution in [1.29, 1.82) is 0 Å². The van der Waals surface area contributed by atoms with E-state index in [2.05, 4.69) is 0 Å². The standard InChI is InChI=1S/C28H25NO7S/c1-16-11-13-18(14-12-16)37(33)28-22(29-25(31)19-9-5-6-10-20(19)26(29)32)23(30)24-21(35-28)15-34-27(36-24)17-7-3-2-4-8-17/h2-14,21-24,27-28,30H,15H2,1H3/t21-,22-,23-,24-,27?,28+,37?/m1/s1. The Kier molecular flexibility index (Phi) is 6.26. The monoisotopic (exact) mass is 519 g/mol. The first-order valence-electron chi connectivity index (χ1n) is 12.0. The molecule has 8 nitrogen and oxygen atoms in total. The maximum Gasteiger partial charge on any atom is 0.262 e. The third-order valence-corrected chi connectivity index (χ3v) is 8.54. The zero-order valence-corrected chi connectivity index (χ0v) is 20.7. The van der Waals surface area contributed by atoms with Gasteiger partial charge in [-0.15, -0.1) is 0 Å². The Bertz CT molecular complexity index is 1330. The number of aryl methyl sites for hydroxylation is 1. The number of aliphatic hydroxyl groups is 1. The first kappa shape index (κ1) is 24.1. The second-order valence-electron chi connectivity index (χ2n) is 9.34. The number of rotatable bonds is 4. The molecule has 190 valence electrons. The second kappa shape index (κ2) is 9.59. The number of aliphatic hydroxyl groups excluding tert-OH is 1. The zero-order chi connectivity index (χ0) is 25.7. The molecule has 2 fully saturated rings. The first-order valence-corrected chi connectivity index (χ1v) is 13.2. The van der Waals surface area contributed by atoms with Crippen LogP contribution in [0.2, 0.25) is 0 Å². The molecule has 1 N–H and O–H groups in total. The van der Waals surface area contributed by atoms with Crippen molar-refractivity contribution in [1.82, 2.24) is 4.90 Å². The molecule has 0 aromatic heterocycles. The summed E-state index contributed by atoms with van der Waals surface area (Å²) < 4.78 is 32.1. The van der Waals surface area contributed by atoms with Gasteiger partial charge in [-0.1, -0.05) is 60.2 Å². The lowest BCUT2D eigenvalue weighted by atomic mass is 9.95. The van der Waals surface area contributed by atoms with Crippen molar-refractivity contribution in [2.24, 2.45) is 0 Å². The number of ether oxygens (including phenoxy) is 3. The van der Waals surface area contributed by atoms with Crippen molar-refractivity contribution in [3.63, 3.8) is 0 Å². The summed E-state index contributed by atoms with van der Waals surface area (Å²) in [6.07, 6.45) is -3.79. The smallest absolute Gasteiger partial charge is 0.262 e. The summed E-state index contributed by atoms with van der Waals surface area (Å²) in [4.78, 5) is 28.3. The van der Waals surface area contributed by atoms with Gasteiger partial charge in [0.25, 0.3) is 11.8 Å². The lowest BCUT2D eigenvalue weighted by molar-refractivity contribution is -0.310. The Labute approximate surface area is 216 Å².